The number of amides is 1. The number of Topliss-reactive ketones (excluding diaryl/α,β-unsaturated/α-hetero) is 1. The number of ether oxygens (including phenoxy) is 1. The number of benzene rings is 2. The largest absolute Gasteiger partial charge is 0.507 e. The van der Waals surface area contributed by atoms with Gasteiger partial charge in [-0.1, -0.05) is 50.6 Å². The summed E-state index contributed by atoms with van der Waals surface area (Å²) in [5.41, 5.74) is 2.91. The van der Waals surface area contributed by atoms with E-state index in [-0.39, 0.29) is 23.3 Å². The summed E-state index contributed by atoms with van der Waals surface area (Å²) in [5, 5.41) is 11.5. The number of hydrogen-bond acceptors (Lipinski definition) is 5. The third-order valence-electron chi connectivity index (χ3n) is 6.16. The molecule has 1 aliphatic rings. The predicted octanol–water partition coefficient (Wildman–Crippen LogP) is 5.91. The number of aryl methyl sites for hydroxylation is 1. The van der Waals surface area contributed by atoms with E-state index in [1.54, 1.807) is 24.3 Å². The first kappa shape index (κ1) is 24.3. The van der Waals surface area contributed by atoms with Crippen LogP contribution < -0.4 is 4.74 Å². The van der Waals surface area contributed by atoms with Gasteiger partial charge in [-0.3, -0.25) is 9.59 Å². The number of hydrogen-bond donors (Lipinski definition) is 1. The zero-order valence-corrected chi connectivity index (χ0v) is 20.8. The number of carbonyl (C=O) groups excluding carboxylic acids is 2. The molecular formula is C29H31NO5. The number of aliphatic hydroxyl groups is 1. The third kappa shape index (κ3) is 4.74. The third-order valence-corrected chi connectivity index (χ3v) is 6.16. The lowest BCUT2D eigenvalue weighted by atomic mass is 9.84. The zero-order valence-electron chi connectivity index (χ0n) is 20.8. The second kappa shape index (κ2) is 9.45. The average molecular weight is 474 g/mol. The fourth-order valence-corrected chi connectivity index (χ4v) is 4.50. The summed E-state index contributed by atoms with van der Waals surface area (Å²) in [7, 11) is 0. The Balaban J connectivity index is 1.89. The fourth-order valence-electron chi connectivity index (χ4n) is 4.50. The lowest BCUT2D eigenvalue weighted by Crippen LogP contribution is -2.29. The maximum Gasteiger partial charge on any atom is 0.296 e. The molecule has 1 saturated heterocycles. The smallest absolute Gasteiger partial charge is 0.296 e. The molecule has 0 saturated carbocycles. The van der Waals surface area contributed by atoms with Crippen LogP contribution in [0.1, 0.15) is 61.8 Å². The molecule has 0 aliphatic carbocycles. The highest BCUT2D eigenvalue weighted by Crippen LogP contribution is 2.42. The molecule has 1 atom stereocenters. The van der Waals surface area contributed by atoms with Gasteiger partial charge in [-0.25, -0.2) is 0 Å². The Kier molecular flexibility index (Phi) is 6.57. The molecule has 1 fully saturated rings. The first-order valence-corrected chi connectivity index (χ1v) is 11.8. The van der Waals surface area contributed by atoms with Crippen molar-refractivity contribution in [3.8, 4) is 5.75 Å². The number of aliphatic hydroxyl groups excluding tert-OH is 1. The van der Waals surface area contributed by atoms with Gasteiger partial charge in [0.1, 0.15) is 17.3 Å². The van der Waals surface area contributed by atoms with Crippen molar-refractivity contribution in [2.45, 2.75) is 52.6 Å². The molecule has 6 nitrogen and oxygen atoms in total. The number of likely N-dealkylation sites (tertiary alicyclic amines) is 1. The van der Waals surface area contributed by atoms with Gasteiger partial charge >= 0.3 is 0 Å². The lowest BCUT2D eigenvalue weighted by molar-refractivity contribution is -0.140. The summed E-state index contributed by atoms with van der Waals surface area (Å²) < 4.78 is 11.3. The van der Waals surface area contributed by atoms with Crippen LogP contribution in [0.15, 0.2) is 70.9 Å². The summed E-state index contributed by atoms with van der Waals surface area (Å²) >= 11 is 0. The van der Waals surface area contributed by atoms with Crippen molar-refractivity contribution in [3.63, 3.8) is 0 Å². The first-order valence-electron chi connectivity index (χ1n) is 11.8. The summed E-state index contributed by atoms with van der Waals surface area (Å²) in [6, 6.07) is 15.7. The molecule has 3 aromatic rings. The molecule has 6 heteroatoms. The highest BCUT2D eigenvalue weighted by atomic mass is 16.5. The van der Waals surface area contributed by atoms with E-state index in [0.29, 0.717) is 17.9 Å². The fraction of sp³-hybridized carbons (Fsp3) is 0.310. The molecule has 0 radical (unpaired) electrons. The van der Waals surface area contributed by atoms with E-state index < -0.39 is 17.7 Å². The van der Waals surface area contributed by atoms with Gasteiger partial charge in [0.05, 0.1) is 31.0 Å². The van der Waals surface area contributed by atoms with Crippen molar-refractivity contribution < 1.29 is 23.8 Å². The Labute approximate surface area is 205 Å². The SMILES string of the molecule is CCOc1ccc(/C(O)=C2/C(=O)C(=O)N(Cc3ccco3)C2c2cccc(C)c2)cc1C(C)(C)C. The minimum Gasteiger partial charge on any atom is -0.507 e. The second-order valence-electron chi connectivity index (χ2n) is 9.81. The number of ketones is 1. The van der Waals surface area contributed by atoms with Crippen molar-refractivity contribution in [2.24, 2.45) is 0 Å². The molecule has 2 aromatic carbocycles. The molecule has 1 unspecified atom stereocenters. The molecule has 1 N–H and O–H groups in total. The normalized spacial score (nSPS) is 17.7. The molecule has 0 bridgehead atoms. The van der Waals surface area contributed by atoms with Gasteiger partial charge in [0, 0.05) is 11.1 Å². The highest BCUT2D eigenvalue weighted by Gasteiger charge is 2.46. The van der Waals surface area contributed by atoms with Crippen molar-refractivity contribution in [2.75, 3.05) is 6.61 Å². The van der Waals surface area contributed by atoms with Crippen LogP contribution in [0.2, 0.25) is 0 Å². The molecule has 1 aromatic heterocycles. The van der Waals surface area contributed by atoms with Crippen molar-refractivity contribution in [1.29, 1.82) is 0 Å². The Hall–Kier alpha value is -3.80. The number of furan rings is 1. The monoisotopic (exact) mass is 473 g/mol. The molecule has 0 spiro atoms. The molecule has 182 valence electrons. The molecule has 4 rings (SSSR count). The maximum absolute atomic E-state index is 13.3. The zero-order chi connectivity index (χ0) is 25.3. The summed E-state index contributed by atoms with van der Waals surface area (Å²) in [5.74, 6) is -0.306. The minimum atomic E-state index is -0.746. The van der Waals surface area contributed by atoms with Crippen LogP contribution in [0.3, 0.4) is 0 Å². The molecule has 2 heterocycles. The van der Waals surface area contributed by atoms with E-state index in [1.807, 2.05) is 44.2 Å². The number of nitrogens with zero attached hydrogens (tertiary/aromatic N) is 1. The standard InChI is InChI=1S/C29H31NO5/c1-6-34-23-13-12-20(16-22(23)29(3,4)5)26(31)24-25(19-10-7-9-18(2)15-19)30(28(33)27(24)32)17-21-11-8-14-35-21/h7-16,25,31H,6,17H2,1-5H3/b26-24-. The van der Waals surface area contributed by atoms with Gasteiger partial charge < -0.3 is 19.2 Å². The summed E-state index contributed by atoms with van der Waals surface area (Å²) in [4.78, 5) is 28.0. The number of rotatable bonds is 6. The quantitative estimate of drug-likeness (QED) is 0.274. The van der Waals surface area contributed by atoms with Crippen LogP contribution in [0.5, 0.6) is 5.75 Å². The first-order chi connectivity index (χ1) is 16.6. The van der Waals surface area contributed by atoms with Crippen LogP contribution in [-0.4, -0.2) is 28.3 Å². The van der Waals surface area contributed by atoms with Crippen molar-refractivity contribution in [1.82, 2.24) is 4.90 Å². The van der Waals surface area contributed by atoms with Crippen LogP contribution in [-0.2, 0) is 21.5 Å². The molecular weight excluding hydrogens is 442 g/mol. The van der Waals surface area contributed by atoms with Gasteiger partial charge in [-0.05, 0) is 55.2 Å². The molecule has 35 heavy (non-hydrogen) atoms. The lowest BCUT2D eigenvalue weighted by Gasteiger charge is -2.25. The van der Waals surface area contributed by atoms with Gasteiger partial charge in [0.25, 0.3) is 11.7 Å². The van der Waals surface area contributed by atoms with E-state index in [1.165, 1.54) is 11.2 Å². The molecule has 1 amide bonds. The highest BCUT2D eigenvalue weighted by molar-refractivity contribution is 6.46. The Morgan fingerprint density at radius 3 is 2.49 bits per heavy atom. The van der Waals surface area contributed by atoms with E-state index >= 15 is 0 Å². The predicted molar refractivity (Wildman–Crippen MR) is 134 cm³/mol. The van der Waals surface area contributed by atoms with Crippen LogP contribution in [0, 0.1) is 6.92 Å². The van der Waals surface area contributed by atoms with Gasteiger partial charge in [-0.2, -0.15) is 0 Å². The Morgan fingerprint density at radius 1 is 1.09 bits per heavy atom. The number of carbonyl (C=O) groups is 2. The van der Waals surface area contributed by atoms with E-state index in [0.717, 1.165) is 22.4 Å². The van der Waals surface area contributed by atoms with Gasteiger partial charge in [0.15, 0.2) is 0 Å². The van der Waals surface area contributed by atoms with Gasteiger partial charge in [0.2, 0.25) is 0 Å². The van der Waals surface area contributed by atoms with E-state index in [2.05, 4.69) is 20.8 Å². The van der Waals surface area contributed by atoms with Gasteiger partial charge in [-0.15, -0.1) is 0 Å². The van der Waals surface area contributed by atoms with Crippen molar-refractivity contribution in [3.05, 3.63) is 94.4 Å². The van der Waals surface area contributed by atoms with Crippen LogP contribution in [0.4, 0.5) is 0 Å². The summed E-state index contributed by atoms with van der Waals surface area (Å²) in [6.07, 6.45) is 1.53. The Morgan fingerprint density at radius 2 is 1.86 bits per heavy atom. The summed E-state index contributed by atoms with van der Waals surface area (Å²) in [6.45, 7) is 10.7. The maximum atomic E-state index is 13.3. The van der Waals surface area contributed by atoms with Crippen molar-refractivity contribution >= 4 is 17.4 Å². The average Bonchev–Trinajstić information content (AvgIpc) is 3.41. The van der Waals surface area contributed by atoms with Crippen LogP contribution in [0.25, 0.3) is 5.76 Å². The second-order valence-corrected chi connectivity index (χ2v) is 9.81. The molecule has 1 aliphatic heterocycles. The Bertz CT molecular complexity index is 1280. The minimum absolute atomic E-state index is 0.0659. The topological polar surface area (TPSA) is 80.0 Å². The van der Waals surface area contributed by atoms with Crippen LogP contribution >= 0.6 is 0 Å². The van der Waals surface area contributed by atoms with E-state index in [4.69, 9.17) is 9.15 Å². The van der Waals surface area contributed by atoms with E-state index in [9.17, 15) is 14.7 Å².